The van der Waals surface area contributed by atoms with Crippen LogP contribution in [0, 0.1) is 10.1 Å². The molecule has 7 nitrogen and oxygen atoms in total. The maximum atomic E-state index is 10.8. The van der Waals surface area contributed by atoms with Crippen LogP contribution in [0.1, 0.15) is 19.8 Å². The van der Waals surface area contributed by atoms with Gasteiger partial charge in [0.05, 0.1) is 18.1 Å². The van der Waals surface area contributed by atoms with Gasteiger partial charge in [0.2, 0.25) is 0 Å². The van der Waals surface area contributed by atoms with Gasteiger partial charge >= 0.3 is 0 Å². The van der Waals surface area contributed by atoms with E-state index in [0.29, 0.717) is 18.3 Å². The van der Waals surface area contributed by atoms with Gasteiger partial charge in [-0.1, -0.05) is 0 Å². The van der Waals surface area contributed by atoms with Gasteiger partial charge in [-0.2, -0.15) is 0 Å². The summed E-state index contributed by atoms with van der Waals surface area (Å²) < 4.78 is 10.6. The third kappa shape index (κ3) is 4.57. The Labute approximate surface area is 123 Å². The van der Waals surface area contributed by atoms with Gasteiger partial charge in [0, 0.05) is 18.7 Å². The first-order valence-corrected chi connectivity index (χ1v) is 6.82. The summed E-state index contributed by atoms with van der Waals surface area (Å²) in [6.45, 7) is 2.09. The lowest BCUT2D eigenvalue weighted by Crippen LogP contribution is -2.43. The van der Waals surface area contributed by atoms with Crippen molar-refractivity contribution in [3.63, 3.8) is 0 Å². The molecule has 0 amide bonds. The molecule has 1 aromatic rings. The molecule has 2 rings (SSSR count). The van der Waals surface area contributed by atoms with Gasteiger partial charge in [-0.15, -0.1) is 0 Å². The molecule has 1 unspecified atom stereocenters. The fourth-order valence-corrected chi connectivity index (χ4v) is 1.83. The van der Waals surface area contributed by atoms with Gasteiger partial charge in [-0.25, -0.2) is 0 Å². The van der Waals surface area contributed by atoms with E-state index in [1.807, 2.05) is 0 Å². The first kappa shape index (κ1) is 15.5. The molecule has 1 aromatic carbocycles. The van der Waals surface area contributed by atoms with Crippen LogP contribution in [0.5, 0.6) is 11.5 Å². The maximum Gasteiger partial charge on any atom is 0.273 e. The fourth-order valence-electron chi connectivity index (χ4n) is 1.83. The number of hydrogen-bond acceptors (Lipinski definition) is 6. The van der Waals surface area contributed by atoms with E-state index in [0.717, 1.165) is 12.8 Å². The van der Waals surface area contributed by atoms with E-state index in [1.165, 1.54) is 25.3 Å². The van der Waals surface area contributed by atoms with Crippen LogP contribution in [0.25, 0.3) is 0 Å². The molecule has 2 N–H and O–H groups in total. The Bertz CT molecular complexity index is 514. The van der Waals surface area contributed by atoms with E-state index in [2.05, 4.69) is 5.32 Å². The number of non-ortho nitro benzene ring substituents is 1. The number of nitro benzene ring substituents is 1. The summed E-state index contributed by atoms with van der Waals surface area (Å²) in [5.74, 6) is 0.643. The summed E-state index contributed by atoms with van der Waals surface area (Å²) in [5, 5.41) is 24.2. The van der Waals surface area contributed by atoms with Gasteiger partial charge in [-0.05, 0) is 25.8 Å². The molecule has 1 fully saturated rings. The minimum atomic E-state index is -1.06. The third-order valence-electron chi connectivity index (χ3n) is 3.25. The Kier molecular flexibility index (Phi) is 4.64. The first-order valence-electron chi connectivity index (χ1n) is 6.82. The lowest BCUT2D eigenvalue weighted by atomic mass is 10.1. The second kappa shape index (κ2) is 6.28. The summed E-state index contributed by atoms with van der Waals surface area (Å²) in [7, 11) is 1.46. The molecule has 7 heteroatoms. The molecule has 1 aliphatic rings. The second-order valence-corrected chi connectivity index (χ2v) is 5.53. The van der Waals surface area contributed by atoms with Crippen molar-refractivity contribution in [3.8, 4) is 11.5 Å². The number of nitrogens with one attached hydrogen (secondary N) is 1. The SMILES string of the molecule is COc1ccc([N+](=O)[O-])cc1OCC(C)(O)CNC1CC1. The van der Waals surface area contributed by atoms with Crippen LogP contribution in [0.2, 0.25) is 0 Å². The number of hydrogen-bond donors (Lipinski definition) is 2. The molecule has 0 heterocycles. The van der Waals surface area contributed by atoms with Crippen LogP contribution < -0.4 is 14.8 Å². The van der Waals surface area contributed by atoms with E-state index in [1.54, 1.807) is 6.92 Å². The Morgan fingerprint density at radius 1 is 1.48 bits per heavy atom. The van der Waals surface area contributed by atoms with Crippen molar-refractivity contribution in [1.82, 2.24) is 5.32 Å². The molecule has 1 saturated carbocycles. The highest BCUT2D eigenvalue weighted by Crippen LogP contribution is 2.31. The molecule has 0 spiro atoms. The molecular formula is C14H20N2O5. The van der Waals surface area contributed by atoms with Crippen molar-refractivity contribution >= 4 is 5.69 Å². The zero-order chi connectivity index (χ0) is 15.5. The summed E-state index contributed by atoms with van der Waals surface area (Å²) in [6, 6.07) is 4.61. The number of benzene rings is 1. The van der Waals surface area contributed by atoms with Crippen LogP contribution in [0.15, 0.2) is 18.2 Å². The first-order chi connectivity index (χ1) is 9.91. The molecule has 116 valence electrons. The quantitative estimate of drug-likeness (QED) is 0.557. The minimum Gasteiger partial charge on any atom is -0.493 e. The number of aliphatic hydroxyl groups is 1. The van der Waals surface area contributed by atoms with Crippen molar-refractivity contribution in [3.05, 3.63) is 28.3 Å². The molecule has 0 radical (unpaired) electrons. The van der Waals surface area contributed by atoms with Crippen LogP contribution in [0.3, 0.4) is 0 Å². The highest BCUT2D eigenvalue weighted by Gasteiger charge is 2.27. The van der Waals surface area contributed by atoms with E-state index in [-0.39, 0.29) is 18.0 Å². The minimum absolute atomic E-state index is 0.0181. The van der Waals surface area contributed by atoms with Crippen molar-refractivity contribution in [2.24, 2.45) is 0 Å². The predicted molar refractivity (Wildman–Crippen MR) is 76.8 cm³/mol. The monoisotopic (exact) mass is 296 g/mol. The third-order valence-corrected chi connectivity index (χ3v) is 3.25. The van der Waals surface area contributed by atoms with E-state index in [4.69, 9.17) is 9.47 Å². The number of nitro groups is 1. The maximum absolute atomic E-state index is 10.8. The molecule has 0 saturated heterocycles. The smallest absolute Gasteiger partial charge is 0.273 e. The summed E-state index contributed by atoms with van der Waals surface area (Å²) in [4.78, 5) is 10.3. The van der Waals surface area contributed by atoms with Crippen LogP contribution >= 0.6 is 0 Å². The molecule has 1 atom stereocenters. The average molecular weight is 296 g/mol. The van der Waals surface area contributed by atoms with Crippen molar-refractivity contribution in [2.45, 2.75) is 31.4 Å². The van der Waals surface area contributed by atoms with E-state index < -0.39 is 10.5 Å². The van der Waals surface area contributed by atoms with E-state index >= 15 is 0 Å². The Hall–Kier alpha value is -1.86. The van der Waals surface area contributed by atoms with Gasteiger partial charge in [-0.3, -0.25) is 10.1 Å². The highest BCUT2D eigenvalue weighted by atomic mass is 16.6. The zero-order valence-corrected chi connectivity index (χ0v) is 12.2. The molecular weight excluding hydrogens is 276 g/mol. The number of rotatable bonds is 8. The molecule has 1 aliphatic carbocycles. The van der Waals surface area contributed by atoms with Crippen LogP contribution in [-0.4, -0.2) is 41.9 Å². The average Bonchev–Trinajstić information content (AvgIpc) is 3.27. The Morgan fingerprint density at radius 2 is 2.19 bits per heavy atom. The van der Waals surface area contributed by atoms with Crippen molar-refractivity contribution < 1.29 is 19.5 Å². The molecule has 21 heavy (non-hydrogen) atoms. The zero-order valence-electron chi connectivity index (χ0n) is 12.2. The van der Waals surface area contributed by atoms with Gasteiger partial charge in [0.1, 0.15) is 12.2 Å². The normalized spacial score (nSPS) is 17.1. The molecule has 0 aromatic heterocycles. The second-order valence-electron chi connectivity index (χ2n) is 5.53. The topological polar surface area (TPSA) is 93.9 Å². The van der Waals surface area contributed by atoms with Crippen molar-refractivity contribution in [1.29, 1.82) is 0 Å². The molecule has 0 aliphatic heterocycles. The lowest BCUT2D eigenvalue weighted by Gasteiger charge is -2.24. The summed E-state index contributed by atoms with van der Waals surface area (Å²) in [6.07, 6.45) is 2.27. The number of ether oxygens (including phenoxy) is 2. The van der Waals surface area contributed by atoms with Gasteiger partial charge < -0.3 is 19.9 Å². The predicted octanol–water partition coefficient (Wildman–Crippen LogP) is 1.49. The van der Waals surface area contributed by atoms with E-state index in [9.17, 15) is 15.2 Å². The standard InChI is InChI=1S/C14H20N2O5/c1-14(17,8-15-10-3-4-10)9-21-13-7-11(16(18)19)5-6-12(13)20-2/h5-7,10,15,17H,3-4,8-9H2,1-2H3. The Morgan fingerprint density at radius 3 is 2.76 bits per heavy atom. The number of methoxy groups -OCH3 is 1. The molecule has 0 bridgehead atoms. The Balaban J connectivity index is 1.99. The van der Waals surface area contributed by atoms with Crippen LogP contribution in [-0.2, 0) is 0 Å². The van der Waals surface area contributed by atoms with Gasteiger partial charge in [0.15, 0.2) is 11.5 Å². The summed E-state index contributed by atoms with van der Waals surface area (Å²) in [5.41, 5.74) is -1.14. The number of nitrogens with zero attached hydrogens (tertiary/aromatic N) is 1. The fraction of sp³-hybridized carbons (Fsp3) is 0.571. The summed E-state index contributed by atoms with van der Waals surface area (Å²) >= 11 is 0. The van der Waals surface area contributed by atoms with Gasteiger partial charge in [0.25, 0.3) is 5.69 Å². The lowest BCUT2D eigenvalue weighted by molar-refractivity contribution is -0.385. The van der Waals surface area contributed by atoms with Crippen LogP contribution in [0.4, 0.5) is 5.69 Å². The van der Waals surface area contributed by atoms with Crippen molar-refractivity contribution in [2.75, 3.05) is 20.3 Å². The largest absolute Gasteiger partial charge is 0.493 e. The highest BCUT2D eigenvalue weighted by molar-refractivity contribution is 5.48.